The summed E-state index contributed by atoms with van der Waals surface area (Å²) in [6.45, 7) is 0. The van der Waals surface area contributed by atoms with Gasteiger partial charge in [0.25, 0.3) is 5.91 Å². The summed E-state index contributed by atoms with van der Waals surface area (Å²) >= 11 is 0. The van der Waals surface area contributed by atoms with Crippen LogP contribution in [0.4, 0.5) is 16.2 Å². The van der Waals surface area contributed by atoms with Gasteiger partial charge in [-0.1, -0.05) is 48.5 Å². The number of carbonyl (C=O) groups excluding carboxylic acids is 2. The number of nitrogens with two attached hydrogens (primary N) is 1. The Labute approximate surface area is 190 Å². The van der Waals surface area contributed by atoms with E-state index in [-0.39, 0.29) is 5.56 Å². The number of nitrogens with zero attached hydrogens (tertiary/aromatic N) is 2. The fourth-order valence-corrected chi connectivity index (χ4v) is 3.50. The Morgan fingerprint density at radius 3 is 2.24 bits per heavy atom. The number of carbonyl (C=O) groups is 2. The Hall–Kier alpha value is -4.59. The highest BCUT2D eigenvalue weighted by molar-refractivity contribution is 6.12. The number of ether oxygens (including phenoxy) is 2. The van der Waals surface area contributed by atoms with Gasteiger partial charge in [-0.05, 0) is 30.3 Å². The zero-order chi connectivity index (χ0) is 23.4. The summed E-state index contributed by atoms with van der Waals surface area (Å²) in [7, 11) is 2.71. The van der Waals surface area contributed by atoms with Crippen molar-refractivity contribution in [1.82, 2.24) is 10.4 Å². The van der Waals surface area contributed by atoms with E-state index in [9.17, 15) is 9.59 Å². The van der Waals surface area contributed by atoms with Crippen molar-refractivity contribution < 1.29 is 19.1 Å². The van der Waals surface area contributed by atoms with Gasteiger partial charge in [-0.15, -0.1) is 0 Å². The van der Waals surface area contributed by atoms with Gasteiger partial charge in [-0.2, -0.15) is 5.01 Å². The second-order valence-corrected chi connectivity index (χ2v) is 7.09. The number of amides is 2. The number of benzene rings is 3. The molecule has 4 aromatic rings. The SMILES string of the molecule is COC(=O)N(NC(=O)c1c(OC)c(-c2ccccc2)nc2ccccc12)c1ccc(N)cc1. The van der Waals surface area contributed by atoms with Crippen molar-refractivity contribution in [2.45, 2.75) is 0 Å². The van der Waals surface area contributed by atoms with Gasteiger partial charge < -0.3 is 15.2 Å². The highest BCUT2D eigenvalue weighted by atomic mass is 16.5. The normalized spacial score (nSPS) is 10.5. The molecule has 0 saturated heterocycles. The molecule has 166 valence electrons. The number of hydrazine groups is 1. The summed E-state index contributed by atoms with van der Waals surface area (Å²) in [5.41, 5.74) is 11.4. The second kappa shape index (κ2) is 9.27. The van der Waals surface area contributed by atoms with E-state index >= 15 is 0 Å². The molecule has 8 nitrogen and oxygen atoms in total. The number of hydrogen-bond acceptors (Lipinski definition) is 6. The average Bonchev–Trinajstić information content (AvgIpc) is 2.86. The molecule has 1 heterocycles. The molecule has 0 fully saturated rings. The molecule has 0 atom stereocenters. The first-order valence-electron chi connectivity index (χ1n) is 10.1. The molecule has 33 heavy (non-hydrogen) atoms. The van der Waals surface area contributed by atoms with E-state index in [0.717, 1.165) is 10.6 Å². The maximum Gasteiger partial charge on any atom is 0.433 e. The molecular formula is C25H22N4O4. The number of anilines is 2. The van der Waals surface area contributed by atoms with Crippen molar-refractivity contribution in [3.8, 4) is 17.0 Å². The molecular weight excluding hydrogens is 420 g/mol. The monoisotopic (exact) mass is 442 g/mol. The number of nitrogens with one attached hydrogen (secondary N) is 1. The van der Waals surface area contributed by atoms with Crippen LogP contribution in [0, 0.1) is 0 Å². The number of nitrogen functional groups attached to an aromatic ring is 1. The van der Waals surface area contributed by atoms with Crippen molar-refractivity contribution in [1.29, 1.82) is 0 Å². The lowest BCUT2D eigenvalue weighted by Crippen LogP contribution is -2.46. The van der Waals surface area contributed by atoms with Gasteiger partial charge in [0.15, 0.2) is 5.75 Å². The van der Waals surface area contributed by atoms with Crippen LogP contribution in [-0.4, -0.2) is 31.2 Å². The molecule has 0 aliphatic heterocycles. The standard InChI is InChI=1S/C25H22N4O4/c1-32-23-21(24(30)28-29(25(31)33-2)18-14-12-17(26)13-15-18)19-10-6-7-11-20(19)27-22(23)16-8-4-3-5-9-16/h3-15H,26H2,1-2H3,(H,28,30). The minimum absolute atomic E-state index is 0.242. The van der Waals surface area contributed by atoms with Gasteiger partial charge in [-0.3, -0.25) is 10.2 Å². The van der Waals surface area contributed by atoms with Gasteiger partial charge in [0.1, 0.15) is 5.69 Å². The van der Waals surface area contributed by atoms with Crippen LogP contribution in [0.2, 0.25) is 0 Å². The first-order chi connectivity index (χ1) is 16.0. The van der Waals surface area contributed by atoms with E-state index in [0.29, 0.717) is 33.7 Å². The molecule has 8 heteroatoms. The summed E-state index contributed by atoms with van der Waals surface area (Å²) in [6.07, 6.45) is -0.770. The Balaban J connectivity index is 1.86. The van der Waals surface area contributed by atoms with E-state index in [1.54, 1.807) is 36.4 Å². The van der Waals surface area contributed by atoms with Gasteiger partial charge in [0, 0.05) is 16.6 Å². The molecule has 0 spiro atoms. The van der Waals surface area contributed by atoms with E-state index < -0.39 is 12.0 Å². The predicted molar refractivity (Wildman–Crippen MR) is 127 cm³/mol. The van der Waals surface area contributed by atoms with Crippen LogP contribution in [-0.2, 0) is 4.74 Å². The summed E-state index contributed by atoms with van der Waals surface area (Å²) in [6, 6.07) is 23.1. The fourth-order valence-electron chi connectivity index (χ4n) is 3.50. The number of rotatable bonds is 4. The van der Waals surface area contributed by atoms with Crippen molar-refractivity contribution in [3.63, 3.8) is 0 Å². The lowest BCUT2D eigenvalue weighted by Gasteiger charge is -2.23. The van der Waals surface area contributed by atoms with Crippen LogP contribution in [0.25, 0.3) is 22.2 Å². The minimum Gasteiger partial charge on any atom is -0.494 e. The van der Waals surface area contributed by atoms with Crippen molar-refractivity contribution >= 4 is 34.3 Å². The minimum atomic E-state index is -0.770. The number of pyridine rings is 1. The van der Waals surface area contributed by atoms with Crippen LogP contribution in [0.5, 0.6) is 5.75 Å². The lowest BCUT2D eigenvalue weighted by molar-refractivity contribution is 0.0939. The second-order valence-electron chi connectivity index (χ2n) is 7.09. The summed E-state index contributed by atoms with van der Waals surface area (Å²) < 4.78 is 10.5. The molecule has 0 aliphatic rings. The quantitative estimate of drug-likeness (QED) is 0.358. The molecule has 0 unspecified atom stereocenters. The average molecular weight is 442 g/mol. The third-order valence-electron chi connectivity index (χ3n) is 5.05. The summed E-state index contributed by atoms with van der Waals surface area (Å²) in [5.74, 6) is -0.274. The van der Waals surface area contributed by atoms with Crippen molar-refractivity contribution in [2.75, 3.05) is 25.0 Å². The molecule has 3 aromatic carbocycles. The highest BCUT2D eigenvalue weighted by Crippen LogP contribution is 2.36. The van der Waals surface area contributed by atoms with E-state index in [1.807, 2.05) is 42.5 Å². The Kier molecular flexibility index (Phi) is 6.08. The summed E-state index contributed by atoms with van der Waals surface area (Å²) in [5, 5.41) is 1.59. The highest BCUT2D eigenvalue weighted by Gasteiger charge is 2.26. The first-order valence-corrected chi connectivity index (χ1v) is 10.1. The Morgan fingerprint density at radius 2 is 1.58 bits per heavy atom. The van der Waals surface area contributed by atoms with Crippen LogP contribution in [0.15, 0.2) is 78.9 Å². The van der Waals surface area contributed by atoms with E-state index in [1.165, 1.54) is 14.2 Å². The summed E-state index contributed by atoms with van der Waals surface area (Å²) in [4.78, 5) is 30.8. The number of aromatic nitrogens is 1. The lowest BCUT2D eigenvalue weighted by atomic mass is 10.0. The van der Waals surface area contributed by atoms with E-state index in [2.05, 4.69) is 5.43 Å². The third kappa shape index (κ3) is 4.27. The molecule has 0 bridgehead atoms. The maximum absolute atomic E-state index is 13.6. The Morgan fingerprint density at radius 1 is 0.909 bits per heavy atom. The van der Waals surface area contributed by atoms with Crippen molar-refractivity contribution in [2.24, 2.45) is 0 Å². The number of hydrogen-bond donors (Lipinski definition) is 2. The number of fused-ring (bicyclic) bond motifs is 1. The number of para-hydroxylation sites is 1. The van der Waals surface area contributed by atoms with Gasteiger partial charge in [-0.25, -0.2) is 9.78 Å². The Bertz CT molecular complexity index is 1310. The first kappa shape index (κ1) is 21.6. The topological polar surface area (TPSA) is 107 Å². The van der Waals surface area contributed by atoms with E-state index in [4.69, 9.17) is 20.2 Å². The van der Waals surface area contributed by atoms with Crippen LogP contribution < -0.4 is 20.9 Å². The van der Waals surface area contributed by atoms with Gasteiger partial charge in [0.05, 0.1) is 31.0 Å². The van der Waals surface area contributed by atoms with Crippen molar-refractivity contribution in [3.05, 3.63) is 84.4 Å². The van der Waals surface area contributed by atoms with Crippen LogP contribution in [0.3, 0.4) is 0 Å². The predicted octanol–water partition coefficient (Wildman–Crippen LogP) is 4.41. The third-order valence-corrected chi connectivity index (χ3v) is 5.05. The molecule has 0 saturated carbocycles. The van der Waals surface area contributed by atoms with Crippen LogP contribution in [0.1, 0.15) is 10.4 Å². The molecule has 0 radical (unpaired) electrons. The zero-order valence-corrected chi connectivity index (χ0v) is 18.1. The largest absolute Gasteiger partial charge is 0.494 e. The zero-order valence-electron chi connectivity index (χ0n) is 18.1. The molecule has 4 rings (SSSR count). The molecule has 1 aromatic heterocycles. The van der Waals surface area contributed by atoms with Crippen LogP contribution >= 0.6 is 0 Å². The molecule has 2 amide bonds. The smallest absolute Gasteiger partial charge is 0.433 e. The molecule has 0 aliphatic carbocycles. The van der Waals surface area contributed by atoms with Gasteiger partial charge in [0.2, 0.25) is 0 Å². The fraction of sp³-hybridized carbons (Fsp3) is 0.0800. The number of methoxy groups -OCH3 is 2. The molecule has 3 N–H and O–H groups in total. The maximum atomic E-state index is 13.6. The van der Waals surface area contributed by atoms with Gasteiger partial charge >= 0.3 is 6.09 Å².